The van der Waals surface area contributed by atoms with E-state index < -0.39 is 0 Å². The van der Waals surface area contributed by atoms with Gasteiger partial charge in [-0.15, -0.1) is 0 Å². The van der Waals surface area contributed by atoms with Gasteiger partial charge in [-0.3, -0.25) is 0 Å². The predicted octanol–water partition coefficient (Wildman–Crippen LogP) is 4.32. The summed E-state index contributed by atoms with van der Waals surface area (Å²) in [6.07, 6.45) is 7.62. The second kappa shape index (κ2) is 9.54. The van der Waals surface area contributed by atoms with Crippen molar-refractivity contribution in [1.82, 2.24) is 0 Å². The van der Waals surface area contributed by atoms with Gasteiger partial charge in [0.15, 0.2) is 0 Å². The second-order valence-electron chi connectivity index (χ2n) is 4.00. The minimum absolute atomic E-state index is 0. The van der Waals surface area contributed by atoms with E-state index >= 15 is 0 Å². The maximum Gasteiger partial charge on any atom is 0 e. The van der Waals surface area contributed by atoms with Gasteiger partial charge in [-0.05, 0) is 25.3 Å². The van der Waals surface area contributed by atoms with Crippen molar-refractivity contribution >= 4 is 0 Å². The van der Waals surface area contributed by atoms with E-state index in [-0.39, 0.29) is 32.7 Å². The monoisotopic (exact) mass is 278 g/mol. The first-order chi connectivity index (χ1) is 6.83. The molecule has 0 heterocycles. The molecule has 0 unspecified atom stereocenters. The molecule has 0 aliphatic rings. The van der Waals surface area contributed by atoms with Gasteiger partial charge in [0.25, 0.3) is 0 Å². The molecule has 15 heavy (non-hydrogen) atoms. The predicted molar refractivity (Wildman–Crippen MR) is 63.3 cm³/mol. The Bertz CT molecular complexity index is 238. The van der Waals surface area contributed by atoms with Crippen LogP contribution in [0.1, 0.15) is 43.2 Å². The summed E-state index contributed by atoms with van der Waals surface area (Å²) in [6, 6.07) is 8.89. The maximum absolute atomic E-state index is 3.85. The zero-order chi connectivity index (χ0) is 10.2. The van der Waals surface area contributed by atoms with E-state index in [1.807, 2.05) is 0 Å². The summed E-state index contributed by atoms with van der Waals surface area (Å²) >= 11 is 0. The molecule has 0 aliphatic carbocycles. The normalized spacial score (nSPS) is 9.73. The number of benzene rings is 1. The quantitative estimate of drug-likeness (QED) is 0.537. The van der Waals surface area contributed by atoms with E-state index in [9.17, 15) is 0 Å². The van der Waals surface area contributed by atoms with Crippen LogP contribution < -0.4 is 0 Å². The Balaban J connectivity index is 0.00000196. The molecule has 1 heteroatoms. The Morgan fingerprint density at radius 2 is 1.53 bits per heavy atom. The molecule has 81 valence electrons. The van der Waals surface area contributed by atoms with E-state index in [2.05, 4.69) is 38.1 Å². The topological polar surface area (TPSA) is 0 Å². The van der Waals surface area contributed by atoms with Crippen molar-refractivity contribution in [3.63, 3.8) is 0 Å². The van der Waals surface area contributed by atoms with Crippen molar-refractivity contribution in [2.75, 3.05) is 0 Å². The Kier molecular flexibility index (Phi) is 9.75. The van der Waals surface area contributed by atoms with Gasteiger partial charge in [0.1, 0.15) is 0 Å². The molecule has 0 nitrogen and oxygen atoms in total. The Morgan fingerprint density at radius 1 is 0.933 bits per heavy atom. The Morgan fingerprint density at radius 3 is 2.13 bits per heavy atom. The molecule has 0 aliphatic heterocycles. The third kappa shape index (κ3) is 7.25. The van der Waals surface area contributed by atoms with Crippen LogP contribution in [0.2, 0.25) is 0 Å². The van der Waals surface area contributed by atoms with Crippen molar-refractivity contribution in [3.05, 3.63) is 42.3 Å². The molecular formula is C14H21Y-. The fraction of sp³-hybridized carbons (Fsp3) is 0.500. The standard InChI is InChI=1S/C14H21.Y/c1-3-4-5-6-7-8-14-11-9-13(2)10-12-14;/h9-12H,1,3-8H2,2H3;/q-1;. The van der Waals surface area contributed by atoms with Crippen LogP contribution in [0, 0.1) is 13.8 Å². The summed E-state index contributed by atoms with van der Waals surface area (Å²) < 4.78 is 0. The fourth-order valence-corrected chi connectivity index (χ4v) is 1.61. The maximum atomic E-state index is 3.85. The first kappa shape index (κ1) is 15.3. The van der Waals surface area contributed by atoms with Gasteiger partial charge in [-0.1, -0.05) is 49.1 Å². The van der Waals surface area contributed by atoms with Gasteiger partial charge in [0.05, 0.1) is 0 Å². The van der Waals surface area contributed by atoms with Crippen molar-refractivity contribution in [2.24, 2.45) is 0 Å². The molecule has 0 fully saturated rings. The first-order valence-electron chi connectivity index (χ1n) is 5.67. The molecule has 1 aromatic carbocycles. The fourth-order valence-electron chi connectivity index (χ4n) is 1.61. The van der Waals surface area contributed by atoms with Crippen molar-refractivity contribution in [3.8, 4) is 0 Å². The van der Waals surface area contributed by atoms with E-state index in [4.69, 9.17) is 0 Å². The SMILES string of the molecule is [CH2-]CCCCCCc1ccc(C)cc1.[Y]. The largest absolute Gasteiger partial charge is 0.343 e. The number of unbranched alkanes of at least 4 members (excludes halogenated alkanes) is 4. The zero-order valence-electron chi connectivity index (χ0n) is 9.84. The average molecular weight is 278 g/mol. The molecule has 0 spiro atoms. The summed E-state index contributed by atoms with van der Waals surface area (Å²) in [5.74, 6) is 0. The van der Waals surface area contributed by atoms with Gasteiger partial charge >= 0.3 is 0 Å². The van der Waals surface area contributed by atoms with Crippen LogP contribution in [0.15, 0.2) is 24.3 Å². The average Bonchev–Trinajstić information content (AvgIpc) is 2.21. The summed E-state index contributed by atoms with van der Waals surface area (Å²) in [5.41, 5.74) is 2.83. The van der Waals surface area contributed by atoms with E-state index in [0.29, 0.717) is 0 Å². The van der Waals surface area contributed by atoms with Crippen molar-refractivity contribution in [1.29, 1.82) is 0 Å². The number of hydrogen-bond donors (Lipinski definition) is 0. The van der Waals surface area contributed by atoms with Gasteiger partial charge in [-0.2, -0.15) is 6.42 Å². The molecule has 1 aromatic rings. The molecule has 1 rings (SSSR count). The van der Waals surface area contributed by atoms with Crippen LogP contribution >= 0.6 is 0 Å². The van der Waals surface area contributed by atoms with E-state index in [1.165, 1.54) is 43.2 Å². The van der Waals surface area contributed by atoms with Crippen LogP contribution in [0.3, 0.4) is 0 Å². The molecule has 0 amide bonds. The second-order valence-corrected chi connectivity index (χ2v) is 4.00. The van der Waals surface area contributed by atoms with Crippen LogP contribution in [-0.4, -0.2) is 0 Å². The van der Waals surface area contributed by atoms with Gasteiger partial charge in [0.2, 0.25) is 0 Å². The van der Waals surface area contributed by atoms with Gasteiger partial charge < -0.3 is 6.92 Å². The molecule has 0 atom stereocenters. The summed E-state index contributed by atoms with van der Waals surface area (Å²) in [7, 11) is 0. The van der Waals surface area contributed by atoms with Crippen LogP contribution in [-0.2, 0) is 39.1 Å². The van der Waals surface area contributed by atoms with Crippen LogP contribution in [0.25, 0.3) is 0 Å². The Hall–Kier alpha value is 0.324. The Labute approximate surface area is 120 Å². The summed E-state index contributed by atoms with van der Waals surface area (Å²) in [5, 5.41) is 0. The van der Waals surface area contributed by atoms with Gasteiger partial charge in [-0.25, -0.2) is 0 Å². The van der Waals surface area contributed by atoms with Gasteiger partial charge in [0, 0.05) is 32.7 Å². The molecule has 0 bridgehead atoms. The van der Waals surface area contributed by atoms with E-state index in [0.717, 1.165) is 6.42 Å². The summed E-state index contributed by atoms with van der Waals surface area (Å²) in [4.78, 5) is 0. The molecule has 0 N–H and O–H groups in total. The molecule has 0 aromatic heterocycles. The smallest absolute Gasteiger partial charge is 0 e. The van der Waals surface area contributed by atoms with Crippen LogP contribution in [0.4, 0.5) is 0 Å². The third-order valence-electron chi connectivity index (χ3n) is 2.59. The third-order valence-corrected chi connectivity index (χ3v) is 2.59. The molecule has 0 saturated carbocycles. The van der Waals surface area contributed by atoms with Crippen LogP contribution in [0.5, 0.6) is 0 Å². The first-order valence-corrected chi connectivity index (χ1v) is 5.67. The molecule has 0 saturated heterocycles. The molecule has 1 radical (unpaired) electrons. The van der Waals surface area contributed by atoms with Crippen molar-refractivity contribution < 1.29 is 32.7 Å². The number of hydrogen-bond acceptors (Lipinski definition) is 0. The zero-order valence-corrected chi connectivity index (χ0v) is 12.7. The summed E-state index contributed by atoms with van der Waals surface area (Å²) in [6.45, 7) is 5.99. The minimum atomic E-state index is 0. The molecular weight excluding hydrogens is 257 g/mol. The number of aryl methyl sites for hydroxylation is 2. The van der Waals surface area contributed by atoms with Crippen molar-refractivity contribution in [2.45, 2.75) is 45.4 Å². The minimum Gasteiger partial charge on any atom is -0.343 e. The number of rotatable bonds is 6. The van der Waals surface area contributed by atoms with E-state index in [1.54, 1.807) is 0 Å².